The molecule has 3 heterocycles. The van der Waals surface area contributed by atoms with Crippen LogP contribution in [0, 0.1) is 63.6 Å². The number of rotatable bonds is 4. The van der Waals surface area contributed by atoms with Gasteiger partial charge >= 0.3 is 29.8 Å². The molecule has 0 unspecified atom stereocenters. The van der Waals surface area contributed by atoms with Gasteiger partial charge in [0.25, 0.3) is 5.79 Å². The predicted octanol–water partition coefficient (Wildman–Crippen LogP) is 1.90. The van der Waals surface area contributed by atoms with Gasteiger partial charge in [-0.25, -0.2) is 4.79 Å². The lowest BCUT2D eigenvalue weighted by molar-refractivity contribution is -0.255. The molecule has 5 aliphatic carbocycles. The van der Waals surface area contributed by atoms with Crippen molar-refractivity contribution in [1.29, 1.82) is 0 Å². The zero-order valence-electron chi connectivity index (χ0n) is 30.6. The summed E-state index contributed by atoms with van der Waals surface area (Å²) < 4.78 is 42.6. The Morgan fingerprint density at radius 1 is 0.765 bits per heavy atom. The summed E-state index contributed by atoms with van der Waals surface area (Å²) in [4.78, 5) is 79.9. The molecular weight excluding hydrogens is 668 g/mol. The molecular formula is C37H48O14. The third kappa shape index (κ3) is 3.89. The van der Waals surface area contributed by atoms with E-state index in [9.17, 15) is 33.9 Å². The summed E-state index contributed by atoms with van der Waals surface area (Å²) in [5, 5.41) is 13.1. The van der Waals surface area contributed by atoms with Crippen molar-refractivity contribution in [2.45, 2.75) is 130 Å². The van der Waals surface area contributed by atoms with Gasteiger partial charge in [-0.1, -0.05) is 27.7 Å². The zero-order valence-corrected chi connectivity index (χ0v) is 30.6. The van der Waals surface area contributed by atoms with Crippen LogP contribution in [0.1, 0.15) is 75.7 Å². The molecule has 51 heavy (non-hydrogen) atoms. The highest BCUT2D eigenvalue weighted by Crippen LogP contribution is 2.81. The van der Waals surface area contributed by atoms with Crippen molar-refractivity contribution < 1.29 is 67.0 Å². The number of hydrogen-bond acceptors (Lipinski definition) is 14. The van der Waals surface area contributed by atoms with Crippen molar-refractivity contribution >= 4 is 35.6 Å². The number of aliphatic hydroxyl groups excluding tert-OH is 1. The minimum atomic E-state index is -1.87. The van der Waals surface area contributed by atoms with E-state index in [2.05, 4.69) is 0 Å². The highest BCUT2D eigenvalue weighted by molar-refractivity contribution is 5.90. The van der Waals surface area contributed by atoms with E-state index in [4.69, 9.17) is 33.2 Å². The Morgan fingerprint density at radius 3 is 1.96 bits per heavy atom. The van der Waals surface area contributed by atoms with E-state index >= 15 is 0 Å². The quantitative estimate of drug-likeness (QED) is 0.252. The summed E-state index contributed by atoms with van der Waals surface area (Å²) in [5.41, 5.74) is -5.49. The smallest absolute Gasteiger partial charge is 0.353 e. The lowest BCUT2D eigenvalue weighted by Crippen LogP contribution is -2.72. The molecule has 3 aliphatic heterocycles. The van der Waals surface area contributed by atoms with Crippen LogP contribution >= 0.6 is 0 Å². The molecule has 20 atom stereocenters. The molecule has 1 N–H and O–H groups in total. The monoisotopic (exact) mass is 716 g/mol. The van der Waals surface area contributed by atoms with Crippen molar-refractivity contribution in [3.8, 4) is 0 Å². The summed E-state index contributed by atoms with van der Waals surface area (Å²) in [6.45, 7) is 16.0. The van der Waals surface area contributed by atoms with Crippen LogP contribution in [0.3, 0.4) is 0 Å². The standard InChI is InChI=1S/C37H48O14/c1-12-21-20(28(45-14(3)38)25(42)18-11-19-27(48-19)31(33(18,21)7)47-16(5)40)23-26(43)24-22(34(23,8)29(12)46-15(4)39)13(2)30-37(50-30)35(24,9)36(10,32(44)51-37)49-17(6)41/h12-13,18-24,26-31,43H,11H2,1-10H3/t12-,13-,18+,19-,20+,21-,22-,23+,24-,26+,27-,28+,29-,30-,31-,33-,34+,35-,36+,37+/m0/s1. The molecule has 14 heteroatoms. The van der Waals surface area contributed by atoms with Gasteiger partial charge in [-0.2, -0.15) is 0 Å². The Balaban J connectivity index is 1.37. The van der Waals surface area contributed by atoms with Gasteiger partial charge in [0.2, 0.25) is 5.60 Å². The summed E-state index contributed by atoms with van der Waals surface area (Å²) in [5.74, 6) is -10.4. The molecule has 5 saturated carbocycles. The Morgan fingerprint density at radius 2 is 1.37 bits per heavy atom. The van der Waals surface area contributed by atoms with Crippen LogP contribution in [0.5, 0.6) is 0 Å². The van der Waals surface area contributed by atoms with Crippen LogP contribution in [0.15, 0.2) is 0 Å². The zero-order chi connectivity index (χ0) is 37.3. The van der Waals surface area contributed by atoms with E-state index in [-0.39, 0.29) is 17.8 Å². The number of Topliss-reactive ketones (excluding diaryl/α,β-unsaturated/α-hetero) is 1. The number of fused-ring (bicyclic) bond motifs is 9. The predicted molar refractivity (Wildman–Crippen MR) is 168 cm³/mol. The third-order valence-corrected chi connectivity index (χ3v) is 15.4. The number of carbonyl (C=O) groups is 6. The molecule has 0 bridgehead atoms. The van der Waals surface area contributed by atoms with Crippen LogP contribution in [-0.2, 0) is 61.9 Å². The lowest BCUT2D eigenvalue weighted by Gasteiger charge is -2.66. The van der Waals surface area contributed by atoms with Gasteiger partial charge in [0.1, 0.15) is 24.4 Å². The van der Waals surface area contributed by atoms with Crippen LogP contribution in [0.2, 0.25) is 0 Å². The number of epoxide rings is 2. The molecule has 280 valence electrons. The third-order valence-electron chi connectivity index (χ3n) is 15.4. The highest BCUT2D eigenvalue weighted by atomic mass is 16.8. The minimum Gasteiger partial charge on any atom is -0.462 e. The normalized spacial score (nSPS) is 56.6. The van der Waals surface area contributed by atoms with Crippen LogP contribution in [0.4, 0.5) is 0 Å². The molecule has 14 nitrogen and oxygen atoms in total. The Bertz CT molecular complexity index is 1660. The molecule has 8 rings (SSSR count). The van der Waals surface area contributed by atoms with Gasteiger partial charge in [0.05, 0.1) is 17.6 Å². The van der Waals surface area contributed by atoms with E-state index in [0.29, 0.717) is 6.42 Å². The molecule has 0 radical (unpaired) electrons. The second-order valence-electron chi connectivity index (χ2n) is 17.5. The van der Waals surface area contributed by atoms with Gasteiger partial charge in [-0.05, 0) is 43.9 Å². The second kappa shape index (κ2) is 10.3. The average molecular weight is 717 g/mol. The van der Waals surface area contributed by atoms with Crippen LogP contribution in [-0.4, -0.2) is 94.9 Å². The first-order chi connectivity index (χ1) is 23.6. The number of esters is 5. The number of aliphatic hydroxyl groups is 1. The van der Waals surface area contributed by atoms with Crippen molar-refractivity contribution in [3.63, 3.8) is 0 Å². The maximum atomic E-state index is 14.9. The van der Waals surface area contributed by atoms with Crippen LogP contribution < -0.4 is 0 Å². The van der Waals surface area contributed by atoms with Crippen molar-refractivity contribution in [3.05, 3.63) is 0 Å². The molecule has 0 amide bonds. The number of hydrogen-bond donors (Lipinski definition) is 1. The van der Waals surface area contributed by atoms with Crippen molar-refractivity contribution in [2.24, 2.45) is 63.6 Å². The van der Waals surface area contributed by atoms with Crippen LogP contribution in [0.25, 0.3) is 0 Å². The van der Waals surface area contributed by atoms with E-state index in [1.807, 2.05) is 27.7 Å². The summed E-state index contributed by atoms with van der Waals surface area (Å²) in [6.07, 6.45) is -5.39. The molecule has 8 aliphatic rings. The maximum absolute atomic E-state index is 14.9. The number of ketones is 1. The average Bonchev–Trinajstić information content (AvgIpc) is 3.91. The van der Waals surface area contributed by atoms with Gasteiger partial charge in [-0.3, -0.25) is 24.0 Å². The maximum Gasteiger partial charge on any atom is 0.353 e. The van der Waals surface area contributed by atoms with Crippen molar-refractivity contribution in [1.82, 2.24) is 0 Å². The van der Waals surface area contributed by atoms with Gasteiger partial charge in [0, 0.05) is 62.2 Å². The van der Waals surface area contributed by atoms with Crippen molar-refractivity contribution in [2.75, 3.05) is 0 Å². The Kier molecular flexibility index (Phi) is 7.07. The Hall–Kier alpha value is -3.10. The van der Waals surface area contributed by atoms with Gasteiger partial charge in [-0.15, -0.1) is 0 Å². The minimum absolute atomic E-state index is 0.318. The first kappa shape index (κ1) is 35.0. The molecule has 0 aromatic heterocycles. The fraction of sp³-hybridized carbons (Fsp3) is 0.838. The number of ether oxygens (including phenoxy) is 7. The second-order valence-corrected chi connectivity index (χ2v) is 17.5. The number of carbonyl (C=O) groups excluding carboxylic acids is 6. The van der Waals surface area contributed by atoms with E-state index in [1.165, 1.54) is 34.6 Å². The molecule has 0 aromatic carbocycles. The summed E-state index contributed by atoms with van der Waals surface area (Å²) in [6, 6.07) is 0. The highest BCUT2D eigenvalue weighted by Gasteiger charge is 2.94. The van der Waals surface area contributed by atoms with E-state index in [0.717, 1.165) is 0 Å². The topological polar surface area (TPSA) is 194 Å². The van der Waals surface area contributed by atoms with Gasteiger partial charge < -0.3 is 38.3 Å². The first-order valence-corrected chi connectivity index (χ1v) is 18.1. The first-order valence-electron chi connectivity index (χ1n) is 18.1. The van der Waals surface area contributed by atoms with E-state index in [1.54, 1.807) is 6.92 Å². The SMILES string of the molecule is CC(=O)O[C@H]1C(=O)[C@H]2C[C@@H]3O[C@@H]3[C@H](OC(C)=O)[C@]2(C)[C@H]2[C@H](C)[C@H](OC(C)=O)[C@@]3(C)[C@@H]([C@@H](O)[C@@H]4[C@@H]3[C@H](C)[C@@H]3O[C@@]35OC(=O)[C@@](C)(OC(C)=O)[C@]45C)[C@@H]21. The molecule has 0 aromatic rings. The summed E-state index contributed by atoms with van der Waals surface area (Å²) in [7, 11) is 0. The Labute approximate surface area is 295 Å². The largest absolute Gasteiger partial charge is 0.462 e. The van der Waals surface area contributed by atoms with Gasteiger partial charge in [0.15, 0.2) is 11.9 Å². The fourth-order valence-electron chi connectivity index (χ4n) is 13.9. The van der Waals surface area contributed by atoms with E-state index < -0.39 is 136 Å². The molecule has 1 spiro atoms. The molecule has 8 fully saturated rings. The molecule has 3 saturated heterocycles. The lowest BCUT2D eigenvalue weighted by atomic mass is 9.39. The fourth-order valence-corrected chi connectivity index (χ4v) is 13.9. The summed E-state index contributed by atoms with van der Waals surface area (Å²) >= 11 is 0.